The highest BCUT2D eigenvalue weighted by atomic mass is 35.5. The Balaban J connectivity index is 1.46. The predicted octanol–water partition coefficient (Wildman–Crippen LogP) is 4.83. The van der Waals surface area contributed by atoms with Crippen molar-refractivity contribution in [2.24, 2.45) is 0 Å². The van der Waals surface area contributed by atoms with Gasteiger partial charge in [0.1, 0.15) is 5.69 Å². The van der Waals surface area contributed by atoms with E-state index in [0.29, 0.717) is 33.0 Å². The zero-order valence-corrected chi connectivity index (χ0v) is 15.3. The van der Waals surface area contributed by atoms with E-state index < -0.39 is 0 Å². The number of aryl methyl sites for hydroxylation is 1. The number of ether oxygens (including phenoxy) is 2. The zero-order valence-electron chi connectivity index (χ0n) is 13.7. The third-order valence-corrected chi connectivity index (χ3v) is 4.79. The van der Waals surface area contributed by atoms with Crippen LogP contribution in [0.15, 0.2) is 41.8 Å². The molecule has 1 aliphatic heterocycles. The van der Waals surface area contributed by atoms with Crippen molar-refractivity contribution in [1.82, 2.24) is 4.98 Å². The second-order valence-corrected chi connectivity index (χ2v) is 6.94. The van der Waals surface area contributed by atoms with Crippen molar-refractivity contribution in [2.75, 3.05) is 17.4 Å². The molecule has 8 heteroatoms. The van der Waals surface area contributed by atoms with Crippen LogP contribution in [0.25, 0.3) is 0 Å². The second kappa shape index (κ2) is 6.86. The molecule has 26 heavy (non-hydrogen) atoms. The lowest BCUT2D eigenvalue weighted by molar-refractivity contribution is 0.102. The number of carbonyl (C=O) groups is 1. The molecule has 0 fully saturated rings. The Kier molecular flexibility index (Phi) is 4.40. The Labute approximate surface area is 158 Å². The number of rotatable bonds is 4. The smallest absolute Gasteiger partial charge is 0.275 e. The van der Waals surface area contributed by atoms with Crippen molar-refractivity contribution in [3.63, 3.8) is 0 Å². The molecule has 132 valence electrons. The minimum absolute atomic E-state index is 0.227. The molecule has 0 spiro atoms. The summed E-state index contributed by atoms with van der Waals surface area (Å²) in [4.78, 5) is 16.7. The minimum Gasteiger partial charge on any atom is -0.454 e. The van der Waals surface area contributed by atoms with E-state index in [-0.39, 0.29) is 12.7 Å². The van der Waals surface area contributed by atoms with Crippen LogP contribution in [-0.4, -0.2) is 17.7 Å². The van der Waals surface area contributed by atoms with Crippen LogP contribution in [0, 0.1) is 6.92 Å². The van der Waals surface area contributed by atoms with E-state index >= 15 is 0 Å². The number of nitrogens with one attached hydrogen (secondary N) is 2. The highest BCUT2D eigenvalue weighted by molar-refractivity contribution is 7.14. The summed E-state index contributed by atoms with van der Waals surface area (Å²) in [5.74, 6) is 1.13. The SMILES string of the molecule is Cc1cc(Cl)ccc1NC(=O)c1csc(Nc2ccc3c(c2)OCO3)n1. The average Bonchev–Trinajstić information content (AvgIpc) is 3.26. The van der Waals surface area contributed by atoms with E-state index in [2.05, 4.69) is 15.6 Å². The molecule has 2 aromatic carbocycles. The monoisotopic (exact) mass is 387 g/mol. The lowest BCUT2D eigenvalue weighted by Gasteiger charge is -2.07. The molecular formula is C18H14ClN3O3S. The van der Waals surface area contributed by atoms with E-state index in [9.17, 15) is 4.79 Å². The van der Waals surface area contributed by atoms with Gasteiger partial charge in [0.25, 0.3) is 5.91 Å². The topological polar surface area (TPSA) is 72.5 Å². The molecule has 3 aromatic rings. The number of benzene rings is 2. The maximum Gasteiger partial charge on any atom is 0.275 e. The molecule has 1 aliphatic rings. The van der Waals surface area contributed by atoms with Crippen molar-refractivity contribution >= 4 is 45.4 Å². The van der Waals surface area contributed by atoms with Crippen molar-refractivity contribution in [3.05, 3.63) is 58.1 Å². The van der Waals surface area contributed by atoms with E-state index in [1.807, 2.05) is 25.1 Å². The number of nitrogens with zero attached hydrogens (tertiary/aromatic N) is 1. The molecule has 0 atom stereocenters. The van der Waals surface area contributed by atoms with E-state index in [4.69, 9.17) is 21.1 Å². The van der Waals surface area contributed by atoms with Gasteiger partial charge in [-0.2, -0.15) is 0 Å². The van der Waals surface area contributed by atoms with E-state index in [1.165, 1.54) is 11.3 Å². The normalized spacial score (nSPS) is 12.1. The van der Waals surface area contributed by atoms with Gasteiger partial charge in [-0.25, -0.2) is 4.98 Å². The number of halogens is 1. The van der Waals surface area contributed by atoms with Gasteiger partial charge in [-0.05, 0) is 42.8 Å². The van der Waals surface area contributed by atoms with Crippen LogP contribution in [0.4, 0.5) is 16.5 Å². The predicted molar refractivity (Wildman–Crippen MR) is 102 cm³/mol. The van der Waals surface area contributed by atoms with Gasteiger partial charge in [0.05, 0.1) is 0 Å². The largest absolute Gasteiger partial charge is 0.454 e. The number of fused-ring (bicyclic) bond motifs is 1. The number of hydrogen-bond acceptors (Lipinski definition) is 6. The van der Waals surface area contributed by atoms with Crippen LogP contribution in [0.3, 0.4) is 0 Å². The first kappa shape index (κ1) is 16.7. The number of anilines is 3. The number of hydrogen-bond donors (Lipinski definition) is 2. The molecule has 0 aliphatic carbocycles. The van der Waals surface area contributed by atoms with Gasteiger partial charge >= 0.3 is 0 Å². The standard InChI is InChI=1S/C18H14ClN3O3S/c1-10-6-11(19)2-4-13(10)21-17(23)14-8-26-18(22-14)20-12-3-5-15-16(7-12)25-9-24-15/h2-8H,9H2,1H3,(H,20,22)(H,21,23). The van der Waals surface area contributed by atoms with Crippen LogP contribution in [0.2, 0.25) is 5.02 Å². The lowest BCUT2D eigenvalue weighted by Crippen LogP contribution is -2.13. The molecule has 2 N–H and O–H groups in total. The highest BCUT2D eigenvalue weighted by Gasteiger charge is 2.15. The molecule has 0 saturated heterocycles. The first-order valence-electron chi connectivity index (χ1n) is 7.78. The van der Waals surface area contributed by atoms with Gasteiger partial charge in [-0.1, -0.05) is 11.6 Å². The fourth-order valence-corrected chi connectivity index (χ4v) is 3.42. The molecule has 6 nitrogen and oxygen atoms in total. The minimum atomic E-state index is -0.273. The molecule has 2 heterocycles. The quantitative estimate of drug-likeness (QED) is 0.670. The molecule has 4 rings (SSSR count). The average molecular weight is 388 g/mol. The van der Waals surface area contributed by atoms with Crippen LogP contribution >= 0.6 is 22.9 Å². The Bertz CT molecular complexity index is 990. The first-order chi connectivity index (χ1) is 12.6. The molecule has 1 amide bonds. The summed E-state index contributed by atoms with van der Waals surface area (Å²) in [6.07, 6.45) is 0. The van der Waals surface area contributed by atoms with E-state index in [0.717, 1.165) is 11.3 Å². The summed E-state index contributed by atoms with van der Waals surface area (Å²) in [6, 6.07) is 10.8. The molecule has 0 unspecified atom stereocenters. The maximum atomic E-state index is 12.4. The molecular weight excluding hydrogens is 374 g/mol. The van der Waals surface area contributed by atoms with Gasteiger partial charge in [-0.15, -0.1) is 11.3 Å². The third kappa shape index (κ3) is 3.44. The van der Waals surface area contributed by atoms with Gasteiger partial charge in [0.2, 0.25) is 6.79 Å². The molecule has 1 aromatic heterocycles. The Morgan fingerprint density at radius 3 is 2.88 bits per heavy atom. The summed E-state index contributed by atoms with van der Waals surface area (Å²) >= 11 is 7.28. The Hall–Kier alpha value is -2.77. The maximum absolute atomic E-state index is 12.4. The summed E-state index contributed by atoms with van der Waals surface area (Å²) in [5.41, 5.74) is 2.74. The first-order valence-corrected chi connectivity index (χ1v) is 9.04. The fourth-order valence-electron chi connectivity index (χ4n) is 2.49. The van der Waals surface area contributed by atoms with E-state index in [1.54, 1.807) is 23.6 Å². The molecule has 0 radical (unpaired) electrons. The van der Waals surface area contributed by atoms with Crippen molar-refractivity contribution < 1.29 is 14.3 Å². The van der Waals surface area contributed by atoms with Crippen molar-refractivity contribution in [3.8, 4) is 11.5 Å². The summed E-state index contributed by atoms with van der Waals surface area (Å²) in [6.45, 7) is 2.11. The summed E-state index contributed by atoms with van der Waals surface area (Å²) in [5, 5.41) is 8.96. The Morgan fingerprint density at radius 2 is 2.04 bits per heavy atom. The number of aromatic nitrogens is 1. The summed E-state index contributed by atoms with van der Waals surface area (Å²) in [7, 11) is 0. The van der Waals surface area contributed by atoms with Gasteiger partial charge < -0.3 is 20.1 Å². The summed E-state index contributed by atoms with van der Waals surface area (Å²) < 4.78 is 10.6. The number of thiazole rings is 1. The number of carbonyl (C=O) groups excluding carboxylic acids is 1. The second-order valence-electron chi connectivity index (χ2n) is 5.64. The highest BCUT2D eigenvalue weighted by Crippen LogP contribution is 2.35. The van der Waals surface area contributed by atoms with Crippen molar-refractivity contribution in [2.45, 2.75) is 6.92 Å². The van der Waals surface area contributed by atoms with Crippen LogP contribution in [0.1, 0.15) is 16.1 Å². The zero-order chi connectivity index (χ0) is 18.1. The molecule has 0 bridgehead atoms. The van der Waals surface area contributed by atoms with Crippen LogP contribution in [-0.2, 0) is 0 Å². The molecule has 0 saturated carbocycles. The third-order valence-electron chi connectivity index (χ3n) is 3.80. The lowest BCUT2D eigenvalue weighted by atomic mass is 10.2. The Morgan fingerprint density at radius 1 is 1.19 bits per heavy atom. The van der Waals surface area contributed by atoms with Crippen molar-refractivity contribution in [1.29, 1.82) is 0 Å². The van der Waals surface area contributed by atoms with Gasteiger partial charge in [-0.3, -0.25) is 4.79 Å². The number of amides is 1. The van der Waals surface area contributed by atoms with Gasteiger partial charge in [0, 0.05) is 27.8 Å². The van der Waals surface area contributed by atoms with Gasteiger partial charge in [0.15, 0.2) is 16.6 Å². The fraction of sp³-hybridized carbons (Fsp3) is 0.111. The van der Waals surface area contributed by atoms with Crippen LogP contribution < -0.4 is 20.1 Å². The van der Waals surface area contributed by atoms with Crippen LogP contribution in [0.5, 0.6) is 11.5 Å².